The van der Waals surface area contributed by atoms with E-state index in [9.17, 15) is 14.3 Å². The Hall–Kier alpha value is -4.02. The molecule has 4 heterocycles. The maximum Gasteiger partial charge on any atom is 0.254 e. The molecule has 1 fully saturated rings. The number of carbonyl (C=O) groups is 1. The molecular formula is C26H25FN6O3. The molecule has 1 atom stereocenters. The Labute approximate surface area is 206 Å². The average Bonchev–Trinajstić information content (AvgIpc) is 2.89. The van der Waals surface area contributed by atoms with Crippen LogP contribution in [0.4, 0.5) is 10.2 Å². The molecule has 5 rings (SSSR count). The van der Waals surface area contributed by atoms with E-state index in [1.807, 2.05) is 25.1 Å². The Kier molecular flexibility index (Phi) is 6.29. The monoisotopic (exact) mass is 488 g/mol. The zero-order valence-corrected chi connectivity index (χ0v) is 19.8. The lowest BCUT2D eigenvalue weighted by Crippen LogP contribution is -2.47. The summed E-state index contributed by atoms with van der Waals surface area (Å²) < 4.78 is 19.5. The van der Waals surface area contributed by atoms with E-state index < -0.39 is 17.3 Å². The van der Waals surface area contributed by atoms with Crippen molar-refractivity contribution in [1.29, 1.82) is 0 Å². The first-order chi connectivity index (χ1) is 17.4. The number of amides is 1. The van der Waals surface area contributed by atoms with Crippen LogP contribution >= 0.6 is 0 Å². The number of carbonyl (C=O) groups excluding carboxylic acids is 1. The highest BCUT2D eigenvalue weighted by molar-refractivity contribution is 6.06. The van der Waals surface area contributed by atoms with Gasteiger partial charge < -0.3 is 20.5 Å². The summed E-state index contributed by atoms with van der Waals surface area (Å²) in [5, 5.41) is 16.7. The first-order valence-electron chi connectivity index (χ1n) is 11.5. The molecule has 184 valence electrons. The quantitative estimate of drug-likeness (QED) is 0.363. The van der Waals surface area contributed by atoms with E-state index in [1.54, 1.807) is 24.4 Å². The minimum absolute atomic E-state index is 0.0125. The van der Waals surface area contributed by atoms with E-state index >= 15 is 0 Å². The Bertz CT molecular complexity index is 1430. The summed E-state index contributed by atoms with van der Waals surface area (Å²) in [4.78, 5) is 29.6. The summed E-state index contributed by atoms with van der Waals surface area (Å²) in [6, 6.07) is 10.9. The fourth-order valence-corrected chi connectivity index (χ4v) is 4.22. The van der Waals surface area contributed by atoms with E-state index in [0.29, 0.717) is 34.7 Å². The van der Waals surface area contributed by atoms with Crippen LogP contribution in [-0.4, -0.2) is 57.8 Å². The number of rotatable bonds is 7. The molecule has 9 nitrogen and oxygen atoms in total. The lowest BCUT2D eigenvalue weighted by Gasteiger charge is -2.35. The molecule has 3 N–H and O–H groups in total. The molecule has 0 aliphatic carbocycles. The minimum atomic E-state index is -1.02. The van der Waals surface area contributed by atoms with Crippen LogP contribution in [0.1, 0.15) is 34.5 Å². The third-order valence-corrected chi connectivity index (χ3v) is 6.34. The number of ether oxygens (including phenoxy) is 1. The number of aliphatic hydroxyl groups is 1. The van der Waals surface area contributed by atoms with Gasteiger partial charge in [-0.1, -0.05) is 25.1 Å². The van der Waals surface area contributed by atoms with Crippen molar-refractivity contribution in [3.63, 3.8) is 0 Å². The van der Waals surface area contributed by atoms with E-state index in [2.05, 4.69) is 30.6 Å². The van der Waals surface area contributed by atoms with Gasteiger partial charge in [-0.2, -0.15) is 0 Å². The van der Waals surface area contributed by atoms with Gasteiger partial charge in [0.05, 0.1) is 41.9 Å². The van der Waals surface area contributed by atoms with Gasteiger partial charge in [0.25, 0.3) is 5.91 Å². The van der Waals surface area contributed by atoms with Crippen LogP contribution in [-0.2, 0) is 10.3 Å². The van der Waals surface area contributed by atoms with Crippen LogP contribution < -0.4 is 10.6 Å². The molecule has 4 aromatic rings. The van der Waals surface area contributed by atoms with Gasteiger partial charge in [0.1, 0.15) is 12.1 Å². The van der Waals surface area contributed by atoms with Crippen LogP contribution in [0.25, 0.3) is 22.2 Å². The zero-order chi connectivity index (χ0) is 25.3. The molecular weight excluding hydrogens is 463 g/mol. The molecule has 0 spiro atoms. The van der Waals surface area contributed by atoms with Crippen LogP contribution in [0.2, 0.25) is 0 Å². The Morgan fingerprint density at radius 1 is 1.17 bits per heavy atom. The number of hydrogen-bond donors (Lipinski definition) is 3. The molecule has 1 aliphatic heterocycles. The van der Waals surface area contributed by atoms with Gasteiger partial charge in [0.15, 0.2) is 11.4 Å². The summed E-state index contributed by atoms with van der Waals surface area (Å²) >= 11 is 0. The molecule has 0 saturated carbocycles. The number of halogens is 1. The number of fused-ring (bicyclic) bond motifs is 1. The van der Waals surface area contributed by atoms with Crippen LogP contribution in [0.5, 0.6) is 0 Å². The first-order valence-corrected chi connectivity index (χ1v) is 11.5. The van der Waals surface area contributed by atoms with Crippen molar-refractivity contribution in [3.05, 3.63) is 77.8 Å². The molecule has 1 saturated heterocycles. The van der Waals surface area contributed by atoms with Crippen LogP contribution in [0.15, 0.2) is 55.1 Å². The number of nitrogens with one attached hydrogen (secondary N) is 2. The third kappa shape index (κ3) is 4.36. The Balaban J connectivity index is 1.34. The summed E-state index contributed by atoms with van der Waals surface area (Å²) in [5.41, 5.74) is 2.49. The molecule has 1 aliphatic rings. The van der Waals surface area contributed by atoms with Crippen molar-refractivity contribution < 1.29 is 19.0 Å². The SMILES string of the molecule is CNC(=O)c1c(F)cnc2c([C@H](C)CNc3cc(-c4ccc(C5(O)COC5)nc4)ncn3)cccc12. The second-order valence-electron chi connectivity index (χ2n) is 8.83. The van der Waals surface area contributed by atoms with Crippen molar-refractivity contribution in [2.45, 2.75) is 18.4 Å². The van der Waals surface area contributed by atoms with Gasteiger partial charge in [0.2, 0.25) is 0 Å². The first kappa shape index (κ1) is 23.7. The van der Waals surface area contributed by atoms with Crippen LogP contribution in [0.3, 0.4) is 0 Å². The highest BCUT2D eigenvalue weighted by Crippen LogP contribution is 2.30. The smallest absolute Gasteiger partial charge is 0.254 e. The lowest BCUT2D eigenvalue weighted by atomic mass is 9.95. The summed E-state index contributed by atoms with van der Waals surface area (Å²) in [7, 11) is 1.47. The number of nitrogens with zero attached hydrogens (tertiary/aromatic N) is 4. The second kappa shape index (κ2) is 9.56. The van der Waals surface area contributed by atoms with Gasteiger partial charge in [-0.15, -0.1) is 0 Å². The number of aromatic nitrogens is 4. The standard InChI is InChI=1S/C26H25FN6O3/c1-15(17-4-3-5-18-23(25(34)28-2)19(27)11-31-24(17)18)9-30-22-8-20(32-14-33-22)16-6-7-21(29-10-16)26(35)12-36-13-26/h3-8,10-11,14-15,35H,9,12-13H2,1-2H3,(H,28,34)(H,30,32,33)/t15-/m1/s1. The number of anilines is 1. The van der Waals surface area contributed by atoms with Crippen molar-refractivity contribution in [3.8, 4) is 11.3 Å². The van der Waals surface area contributed by atoms with E-state index in [-0.39, 0.29) is 24.7 Å². The summed E-state index contributed by atoms with van der Waals surface area (Å²) in [6.45, 7) is 3.03. The maximum absolute atomic E-state index is 14.4. The molecule has 0 unspecified atom stereocenters. The van der Waals surface area contributed by atoms with Crippen molar-refractivity contribution >= 4 is 22.6 Å². The summed E-state index contributed by atoms with van der Waals surface area (Å²) in [5.74, 6) is -0.536. The van der Waals surface area contributed by atoms with E-state index in [1.165, 1.54) is 13.4 Å². The zero-order valence-electron chi connectivity index (χ0n) is 19.8. The Morgan fingerprint density at radius 3 is 2.69 bits per heavy atom. The molecule has 10 heteroatoms. The predicted octanol–water partition coefficient (Wildman–Crippen LogP) is 3.02. The largest absolute Gasteiger partial charge is 0.379 e. The molecule has 36 heavy (non-hydrogen) atoms. The number of benzene rings is 1. The maximum atomic E-state index is 14.4. The summed E-state index contributed by atoms with van der Waals surface area (Å²) in [6.07, 6.45) is 4.23. The lowest BCUT2D eigenvalue weighted by molar-refractivity contribution is -0.186. The predicted molar refractivity (Wildman–Crippen MR) is 132 cm³/mol. The number of hydrogen-bond acceptors (Lipinski definition) is 8. The second-order valence-corrected chi connectivity index (χ2v) is 8.83. The molecule has 1 amide bonds. The van der Waals surface area contributed by atoms with Crippen molar-refractivity contribution in [2.75, 3.05) is 32.1 Å². The van der Waals surface area contributed by atoms with Gasteiger partial charge >= 0.3 is 0 Å². The van der Waals surface area contributed by atoms with Gasteiger partial charge in [-0.3, -0.25) is 14.8 Å². The fourth-order valence-electron chi connectivity index (χ4n) is 4.22. The van der Waals surface area contributed by atoms with E-state index in [4.69, 9.17) is 4.74 Å². The third-order valence-electron chi connectivity index (χ3n) is 6.34. The molecule has 0 radical (unpaired) electrons. The Morgan fingerprint density at radius 2 is 2.00 bits per heavy atom. The van der Waals surface area contributed by atoms with Crippen molar-refractivity contribution in [2.24, 2.45) is 0 Å². The van der Waals surface area contributed by atoms with Crippen LogP contribution in [0, 0.1) is 5.82 Å². The number of para-hydroxylation sites is 1. The topological polar surface area (TPSA) is 122 Å². The highest BCUT2D eigenvalue weighted by Gasteiger charge is 2.39. The molecule has 3 aromatic heterocycles. The van der Waals surface area contributed by atoms with E-state index in [0.717, 1.165) is 17.3 Å². The molecule has 1 aromatic carbocycles. The normalized spacial score (nSPS) is 15.2. The van der Waals surface area contributed by atoms with Gasteiger partial charge in [0, 0.05) is 42.7 Å². The van der Waals surface area contributed by atoms with Gasteiger partial charge in [-0.25, -0.2) is 14.4 Å². The highest BCUT2D eigenvalue weighted by atomic mass is 19.1. The van der Waals surface area contributed by atoms with Gasteiger partial charge in [-0.05, 0) is 17.7 Å². The molecule has 0 bridgehead atoms. The van der Waals surface area contributed by atoms with Crippen molar-refractivity contribution in [1.82, 2.24) is 25.3 Å². The average molecular weight is 489 g/mol. The number of pyridine rings is 2. The minimum Gasteiger partial charge on any atom is -0.379 e. The fraction of sp³-hybridized carbons (Fsp3) is 0.269.